The van der Waals surface area contributed by atoms with E-state index < -0.39 is 0 Å². The maximum absolute atomic E-state index is 10.3. The van der Waals surface area contributed by atoms with Crippen molar-refractivity contribution in [1.82, 2.24) is 4.98 Å². The molecule has 0 aromatic carbocycles. The first-order chi connectivity index (χ1) is 8.48. The van der Waals surface area contributed by atoms with E-state index in [1.54, 1.807) is 18.5 Å². The lowest BCUT2D eigenvalue weighted by molar-refractivity contribution is 0.0577. The second-order valence-electron chi connectivity index (χ2n) is 6.35. The number of pyridine rings is 1. The summed E-state index contributed by atoms with van der Waals surface area (Å²) in [6.07, 6.45) is 8.45. The van der Waals surface area contributed by atoms with Crippen LogP contribution in [0, 0.1) is 11.3 Å². The van der Waals surface area contributed by atoms with Crippen LogP contribution in [0.1, 0.15) is 45.1 Å². The zero-order valence-corrected chi connectivity index (χ0v) is 11.4. The number of nitrogen functional groups attached to an aromatic ring is 1. The molecule has 0 saturated heterocycles. The van der Waals surface area contributed by atoms with Crippen LogP contribution in [0.2, 0.25) is 0 Å². The van der Waals surface area contributed by atoms with Crippen molar-refractivity contribution in [2.75, 3.05) is 5.73 Å². The van der Waals surface area contributed by atoms with E-state index in [2.05, 4.69) is 18.8 Å². The van der Waals surface area contributed by atoms with Crippen LogP contribution in [0.25, 0.3) is 0 Å². The number of rotatable bonds is 3. The third-order valence-electron chi connectivity index (χ3n) is 4.30. The first-order valence-corrected chi connectivity index (χ1v) is 6.84. The minimum Gasteiger partial charge on any atom is -0.398 e. The summed E-state index contributed by atoms with van der Waals surface area (Å²) in [5, 5.41) is 10.3. The molecule has 3 heteroatoms. The first-order valence-electron chi connectivity index (χ1n) is 6.84. The Kier molecular flexibility index (Phi) is 3.91. The molecular formula is C15H24N2O. The molecule has 1 unspecified atom stereocenters. The van der Waals surface area contributed by atoms with E-state index in [9.17, 15) is 5.11 Å². The van der Waals surface area contributed by atoms with Gasteiger partial charge < -0.3 is 10.8 Å². The van der Waals surface area contributed by atoms with Gasteiger partial charge in [-0.15, -0.1) is 0 Å². The fraction of sp³-hybridized carbons (Fsp3) is 0.667. The summed E-state index contributed by atoms with van der Waals surface area (Å²) in [7, 11) is 0. The Morgan fingerprint density at radius 1 is 1.44 bits per heavy atom. The van der Waals surface area contributed by atoms with Crippen LogP contribution in [0.3, 0.4) is 0 Å². The monoisotopic (exact) mass is 248 g/mol. The second-order valence-corrected chi connectivity index (χ2v) is 6.35. The van der Waals surface area contributed by atoms with Gasteiger partial charge in [-0.1, -0.05) is 13.8 Å². The van der Waals surface area contributed by atoms with Crippen LogP contribution in [0.4, 0.5) is 5.69 Å². The SMILES string of the molecule is CC1(C)CCC(C(O)Cc2cnccc2N)CC1. The number of hydrogen-bond donors (Lipinski definition) is 2. The quantitative estimate of drug-likeness (QED) is 0.864. The highest BCUT2D eigenvalue weighted by Crippen LogP contribution is 2.39. The van der Waals surface area contributed by atoms with E-state index >= 15 is 0 Å². The van der Waals surface area contributed by atoms with E-state index in [-0.39, 0.29) is 6.10 Å². The molecule has 1 aromatic rings. The normalized spacial score (nSPS) is 21.7. The molecule has 0 aliphatic heterocycles. The highest BCUT2D eigenvalue weighted by molar-refractivity contribution is 5.44. The molecule has 1 saturated carbocycles. The Morgan fingerprint density at radius 3 is 2.72 bits per heavy atom. The van der Waals surface area contributed by atoms with Crippen LogP contribution >= 0.6 is 0 Å². The van der Waals surface area contributed by atoms with Gasteiger partial charge in [-0.2, -0.15) is 0 Å². The number of anilines is 1. The summed E-state index contributed by atoms with van der Waals surface area (Å²) < 4.78 is 0. The summed E-state index contributed by atoms with van der Waals surface area (Å²) >= 11 is 0. The molecule has 1 aromatic heterocycles. The van der Waals surface area contributed by atoms with Crippen molar-refractivity contribution in [1.29, 1.82) is 0 Å². The van der Waals surface area contributed by atoms with Gasteiger partial charge in [0.05, 0.1) is 6.10 Å². The molecule has 1 heterocycles. The fourth-order valence-corrected chi connectivity index (χ4v) is 2.81. The van der Waals surface area contributed by atoms with Gasteiger partial charge in [-0.25, -0.2) is 0 Å². The topological polar surface area (TPSA) is 59.1 Å². The molecule has 0 radical (unpaired) electrons. The molecule has 100 valence electrons. The van der Waals surface area contributed by atoms with E-state index in [1.807, 2.05) is 0 Å². The lowest BCUT2D eigenvalue weighted by atomic mass is 9.71. The third-order valence-corrected chi connectivity index (χ3v) is 4.30. The molecule has 1 aliphatic rings. The van der Waals surface area contributed by atoms with Crippen LogP contribution in [-0.2, 0) is 6.42 Å². The summed E-state index contributed by atoms with van der Waals surface area (Å²) in [5.41, 5.74) is 8.04. The minimum absolute atomic E-state index is 0.285. The lowest BCUT2D eigenvalue weighted by Crippen LogP contribution is -2.30. The average Bonchev–Trinajstić information content (AvgIpc) is 2.32. The molecule has 1 aliphatic carbocycles. The van der Waals surface area contributed by atoms with E-state index in [1.165, 1.54) is 12.8 Å². The van der Waals surface area contributed by atoms with Gasteiger partial charge >= 0.3 is 0 Å². The standard InChI is InChI=1S/C15H24N2O/c1-15(2)6-3-11(4-7-15)14(18)9-12-10-17-8-5-13(12)16/h5,8,10-11,14,18H,3-4,6-7,9H2,1-2H3,(H2,16,17). The van der Waals surface area contributed by atoms with Crippen molar-refractivity contribution in [2.24, 2.45) is 11.3 Å². The zero-order valence-electron chi connectivity index (χ0n) is 11.4. The van der Waals surface area contributed by atoms with Gasteiger partial charge in [-0.05, 0) is 48.6 Å². The number of nitrogens with zero attached hydrogens (tertiary/aromatic N) is 1. The Bertz CT molecular complexity index is 393. The molecule has 0 bridgehead atoms. The molecule has 0 spiro atoms. The predicted octanol–water partition coefficient (Wildman–Crippen LogP) is 2.78. The van der Waals surface area contributed by atoms with Crippen molar-refractivity contribution in [2.45, 2.75) is 52.1 Å². The number of aromatic nitrogens is 1. The number of nitrogens with two attached hydrogens (primary N) is 1. The molecule has 18 heavy (non-hydrogen) atoms. The van der Waals surface area contributed by atoms with Crippen LogP contribution < -0.4 is 5.73 Å². The molecule has 1 atom stereocenters. The molecule has 3 nitrogen and oxygen atoms in total. The highest BCUT2D eigenvalue weighted by Gasteiger charge is 2.30. The number of aliphatic hydroxyl groups excluding tert-OH is 1. The summed E-state index contributed by atoms with van der Waals surface area (Å²) in [6.45, 7) is 4.63. The Labute approximate surface area is 109 Å². The Hall–Kier alpha value is -1.09. The van der Waals surface area contributed by atoms with Gasteiger partial charge in [0, 0.05) is 24.5 Å². The second kappa shape index (κ2) is 5.27. The number of hydrogen-bond acceptors (Lipinski definition) is 3. The molecule has 3 N–H and O–H groups in total. The maximum Gasteiger partial charge on any atom is 0.0610 e. The van der Waals surface area contributed by atoms with E-state index in [0.717, 1.165) is 24.1 Å². The van der Waals surface area contributed by atoms with Gasteiger partial charge in [0.15, 0.2) is 0 Å². The average molecular weight is 248 g/mol. The van der Waals surface area contributed by atoms with Crippen molar-refractivity contribution in [3.63, 3.8) is 0 Å². The fourth-order valence-electron chi connectivity index (χ4n) is 2.81. The van der Waals surface area contributed by atoms with Gasteiger partial charge in [-0.3, -0.25) is 4.98 Å². The summed E-state index contributed by atoms with van der Waals surface area (Å²) in [5.74, 6) is 0.414. The first kappa shape index (κ1) is 13.3. The van der Waals surface area contributed by atoms with Crippen LogP contribution in [-0.4, -0.2) is 16.2 Å². The van der Waals surface area contributed by atoms with Gasteiger partial charge in [0.1, 0.15) is 0 Å². The predicted molar refractivity (Wildman–Crippen MR) is 74.1 cm³/mol. The van der Waals surface area contributed by atoms with E-state index in [4.69, 9.17) is 5.73 Å². The van der Waals surface area contributed by atoms with Gasteiger partial charge in [0.25, 0.3) is 0 Å². The van der Waals surface area contributed by atoms with Crippen molar-refractivity contribution < 1.29 is 5.11 Å². The molecular weight excluding hydrogens is 224 g/mol. The summed E-state index contributed by atoms with van der Waals surface area (Å²) in [4.78, 5) is 4.08. The molecule has 0 amide bonds. The third kappa shape index (κ3) is 3.22. The Balaban J connectivity index is 1.93. The summed E-state index contributed by atoms with van der Waals surface area (Å²) in [6, 6.07) is 1.80. The molecule has 1 fully saturated rings. The van der Waals surface area contributed by atoms with Crippen molar-refractivity contribution in [3.05, 3.63) is 24.0 Å². The van der Waals surface area contributed by atoms with Gasteiger partial charge in [0.2, 0.25) is 0 Å². The zero-order chi connectivity index (χ0) is 13.2. The Morgan fingerprint density at radius 2 is 2.11 bits per heavy atom. The van der Waals surface area contributed by atoms with Crippen LogP contribution in [0.15, 0.2) is 18.5 Å². The minimum atomic E-state index is -0.285. The van der Waals surface area contributed by atoms with Crippen molar-refractivity contribution >= 4 is 5.69 Å². The lowest BCUT2D eigenvalue weighted by Gasteiger charge is -2.36. The maximum atomic E-state index is 10.3. The highest BCUT2D eigenvalue weighted by atomic mass is 16.3. The van der Waals surface area contributed by atoms with Crippen molar-refractivity contribution in [3.8, 4) is 0 Å². The molecule has 2 rings (SSSR count). The van der Waals surface area contributed by atoms with Crippen LogP contribution in [0.5, 0.6) is 0 Å². The van der Waals surface area contributed by atoms with E-state index in [0.29, 0.717) is 17.8 Å². The largest absolute Gasteiger partial charge is 0.398 e. The number of aliphatic hydroxyl groups is 1. The smallest absolute Gasteiger partial charge is 0.0610 e.